The predicted molar refractivity (Wildman–Crippen MR) is 52.8 cm³/mol. The quantitative estimate of drug-likeness (QED) is 0.812. The molecule has 0 amide bonds. The lowest BCUT2D eigenvalue weighted by Crippen LogP contribution is -2.20. The van der Waals surface area contributed by atoms with Crippen molar-refractivity contribution in [2.75, 3.05) is 0 Å². The van der Waals surface area contributed by atoms with Crippen molar-refractivity contribution in [1.29, 1.82) is 0 Å². The van der Waals surface area contributed by atoms with Gasteiger partial charge in [-0.1, -0.05) is 18.2 Å². The molecular formula is C11H8F3NO. The Morgan fingerprint density at radius 3 is 2.62 bits per heavy atom. The molecular weight excluding hydrogens is 219 g/mol. The summed E-state index contributed by atoms with van der Waals surface area (Å²) in [5, 5.41) is 9.80. The van der Waals surface area contributed by atoms with Gasteiger partial charge in [0.1, 0.15) is 0 Å². The Labute approximate surface area is 89.4 Å². The first kappa shape index (κ1) is 10.9. The van der Waals surface area contributed by atoms with E-state index < -0.39 is 12.3 Å². The molecule has 1 atom stereocenters. The second-order valence-corrected chi connectivity index (χ2v) is 3.40. The van der Waals surface area contributed by atoms with Gasteiger partial charge in [-0.05, 0) is 17.7 Å². The van der Waals surface area contributed by atoms with Crippen molar-refractivity contribution in [2.24, 2.45) is 0 Å². The minimum absolute atomic E-state index is 0.196. The van der Waals surface area contributed by atoms with Crippen LogP contribution in [0.4, 0.5) is 13.2 Å². The first-order chi connectivity index (χ1) is 7.48. The number of halogens is 3. The van der Waals surface area contributed by atoms with Gasteiger partial charge in [0.15, 0.2) is 6.10 Å². The maximum absolute atomic E-state index is 12.3. The van der Waals surface area contributed by atoms with Gasteiger partial charge < -0.3 is 5.11 Å². The van der Waals surface area contributed by atoms with Gasteiger partial charge in [0, 0.05) is 11.6 Å². The van der Waals surface area contributed by atoms with E-state index in [1.807, 2.05) is 0 Å². The van der Waals surface area contributed by atoms with Gasteiger partial charge in [0.05, 0.1) is 5.52 Å². The van der Waals surface area contributed by atoms with Gasteiger partial charge in [-0.15, -0.1) is 0 Å². The van der Waals surface area contributed by atoms with Crippen LogP contribution in [0.25, 0.3) is 10.9 Å². The van der Waals surface area contributed by atoms with Crippen molar-refractivity contribution in [1.82, 2.24) is 4.98 Å². The molecule has 1 aromatic carbocycles. The summed E-state index contributed by atoms with van der Waals surface area (Å²) in [4.78, 5) is 3.93. The van der Waals surface area contributed by atoms with Crippen LogP contribution < -0.4 is 0 Å². The third-order valence-electron chi connectivity index (χ3n) is 2.26. The van der Waals surface area contributed by atoms with Gasteiger partial charge >= 0.3 is 6.18 Å². The lowest BCUT2D eigenvalue weighted by atomic mass is 10.1. The number of hydrogen-bond acceptors (Lipinski definition) is 2. The summed E-state index contributed by atoms with van der Waals surface area (Å²) in [7, 11) is 0. The van der Waals surface area contributed by atoms with Gasteiger partial charge in [0.2, 0.25) is 0 Å². The molecule has 1 heterocycles. The van der Waals surface area contributed by atoms with E-state index in [2.05, 4.69) is 4.98 Å². The molecule has 0 aliphatic rings. The lowest BCUT2D eigenvalue weighted by molar-refractivity contribution is -0.206. The fourth-order valence-electron chi connectivity index (χ4n) is 1.44. The Morgan fingerprint density at radius 2 is 1.94 bits per heavy atom. The Bertz CT molecular complexity index is 510. The van der Waals surface area contributed by atoms with Crippen molar-refractivity contribution in [3.63, 3.8) is 0 Å². The average molecular weight is 227 g/mol. The molecule has 0 saturated heterocycles. The maximum atomic E-state index is 12.3. The van der Waals surface area contributed by atoms with Crippen LogP contribution in [0, 0.1) is 0 Å². The third-order valence-corrected chi connectivity index (χ3v) is 2.26. The minimum Gasteiger partial charge on any atom is -0.379 e. The highest BCUT2D eigenvalue weighted by atomic mass is 19.4. The number of rotatable bonds is 1. The summed E-state index contributed by atoms with van der Waals surface area (Å²) in [6.45, 7) is 0. The van der Waals surface area contributed by atoms with Gasteiger partial charge in [-0.25, -0.2) is 0 Å². The molecule has 2 nitrogen and oxygen atoms in total. The lowest BCUT2D eigenvalue weighted by Gasteiger charge is -2.14. The Kier molecular flexibility index (Phi) is 2.55. The molecule has 0 saturated carbocycles. The SMILES string of the molecule is O[C@@H](c1ccc2cccnc2c1)C(F)(F)F. The highest BCUT2D eigenvalue weighted by Gasteiger charge is 2.39. The van der Waals surface area contributed by atoms with E-state index in [0.29, 0.717) is 5.52 Å². The summed E-state index contributed by atoms with van der Waals surface area (Å²) in [6.07, 6.45) is -5.62. The number of fused-ring (bicyclic) bond motifs is 1. The normalized spacial score (nSPS) is 14.0. The number of pyridine rings is 1. The summed E-state index contributed by atoms with van der Waals surface area (Å²) < 4.78 is 36.8. The van der Waals surface area contributed by atoms with Crippen LogP contribution in [0.3, 0.4) is 0 Å². The number of aliphatic hydroxyl groups is 1. The topological polar surface area (TPSA) is 33.1 Å². The molecule has 2 rings (SSSR count). The molecule has 5 heteroatoms. The van der Waals surface area contributed by atoms with E-state index in [4.69, 9.17) is 5.11 Å². The summed E-state index contributed by atoms with van der Waals surface area (Å²) >= 11 is 0. The molecule has 84 valence electrons. The number of nitrogens with zero attached hydrogens (tertiary/aromatic N) is 1. The van der Waals surface area contributed by atoms with Crippen LogP contribution >= 0.6 is 0 Å². The Balaban J connectivity index is 2.47. The fourth-order valence-corrected chi connectivity index (χ4v) is 1.44. The highest BCUT2D eigenvalue weighted by Crippen LogP contribution is 2.33. The van der Waals surface area contributed by atoms with Crippen molar-refractivity contribution >= 4 is 10.9 Å². The molecule has 0 fully saturated rings. The van der Waals surface area contributed by atoms with Crippen LogP contribution in [0.5, 0.6) is 0 Å². The standard InChI is InChI=1S/C11H8F3NO/c12-11(13,14)10(16)8-4-3-7-2-1-5-15-9(7)6-8/h1-6,10,16H/t10-/m0/s1. The van der Waals surface area contributed by atoms with E-state index in [9.17, 15) is 13.2 Å². The summed E-state index contributed by atoms with van der Waals surface area (Å²) in [6, 6.07) is 7.44. The van der Waals surface area contributed by atoms with Crippen LogP contribution in [0.15, 0.2) is 36.5 Å². The number of alkyl halides is 3. The number of aliphatic hydroxyl groups excluding tert-OH is 1. The van der Waals surface area contributed by atoms with E-state index >= 15 is 0 Å². The summed E-state index contributed by atoms with van der Waals surface area (Å²) in [5.74, 6) is 0. The van der Waals surface area contributed by atoms with Crippen LogP contribution in [0.2, 0.25) is 0 Å². The number of aromatic nitrogens is 1. The highest BCUT2D eigenvalue weighted by molar-refractivity contribution is 5.78. The molecule has 1 aromatic heterocycles. The predicted octanol–water partition coefficient (Wildman–Crippen LogP) is 2.83. The zero-order chi connectivity index (χ0) is 11.8. The largest absolute Gasteiger partial charge is 0.418 e. The van der Waals surface area contributed by atoms with Crippen LogP contribution in [-0.4, -0.2) is 16.3 Å². The van der Waals surface area contributed by atoms with Gasteiger partial charge in [-0.2, -0.15) is 13.2 Å². The zero-order valence-corrected chi connectivity index (χ0v) is 8.07. The summed E-state index contributed by atoms with van der Waals surface area (Å²) in [5.41, 5.74) is 0.238. The molecule has 0 aliphatic heterocycles. The van der Waals surface area contributed by atoms with Crippen molar-refractivity contribution in [3.05, 3.63) is 42.1 Å². The first-order valence-corrected chi connectivity index (χ1v) is 4.58. The average Bonchev–Trinajstić information content (AvgIpc) is 2.26. The van der Waals surface area contributed by atoms with Crippen LogP contribution in [-0.2, 0) is 0 Å². The molecule has 16 heavy (non-hydrogen) atoms. The van der Waals surface area contributed by atoms with Gasteiger partial charge in [-0.3, -0.25) is 4.98 Å². The minimum atomic E-state index is -4.65. The molecule has 2 aromatic rings. The first-order valence-electron chi connectivity index (χ1n) is 4.58. The second kappa shape index (κ2) is 3.75. The Hall–Kier alpha value is -1.62. The fraction of sp³-hybridized carbons (Fsp3) is 0.182. The number of benzene rings is 1. The maximum Gasteiger partial charge on any atom is 0.418 e. The van der Waals surface area contributed by atoms with Crippen molar-refractivity contribution in [3.8, 4) is 0 Å². The molecule has 1 N–H and O–H groups in total. The molecule has 0 spiro atoms. The number of hydrogen-bond donors (Lipinski definition) is 1. The molecule has 0 radical (unpaired) electrons. The van der Waals surface area contributed by atoms with Crippen LogP contribution in [0.1, 0.15) is 11.7 Å². The van der Waals surface area contributed by atoms with E-state index in [1.165, 1.54) is 24.4 Å². The monoisotopic (exact) mass is 227 g/mol. The van der Waals surface area contributed by atoms with E-state index in [-0.39, 0.29) is 5.56 Å². The zero-order valence-electron chi connectivity index (χ0n) is 8.07. The molecule has 0 aliphatic carbocycles. The molecule has 0 bridgehead atoms. The molecule has 0 unspecified atom stereocenters. The van der Waals surface area contributed by atoms with Crippen molar-refractivity contribution < 1.29 is 18.3 Å². The van der Waals surface area contributed by atoms with Gasteiger partial charge in [0.25, 0.3) is 0 Å². The smallest absolute Gasteiger partial charge is 0.379 e. The third kappa shape index (κ3) is 1.99. The van der Waals surface area contributed by atoms with E-state index in [0.717, 1.165) is 5.39 Å². The van der Waals surface area contributed by atoms with E-state index in [1.54, 1.807) is 12.1 Å². The second-order valence-electron chi connectivity index (χ2n) is 3.40. The Morgan fingerprint density at radius 1 is 1.19 bits per heavy atom. The van der Waals surface area contributed by atoms with Crippen molar-refractivity contribution in [2.45, 2.75) is 12.3 Å².